The standard InChI is InChI=1S/C13H19N3O3/c1-2-19-13(17)11-5-10(14)7-16-12(11)15-6-9-3-4-18-8-9/h5,7,9H,2-4,6,8,14H2,1H3,(H,15,16). The zero-order chi connectivity index (χ0) is 13.7. The Kier molecular flexibility index (Phi) is 4.57. The smallest absolute Gasteiger partial charge is 0.341 e. The molecule has 1 aliphatic rings. The molecule has 6 heteroatoms. The van der Waals surface area contributed by atoms with Gasteiger partial charge in [0.05, 0.1) is 25.1 Å². The molecule has 1 aromatic rings. The molecular weight excluding hydrogens is 246 g/mol. The Morgan fingerprint density at radius 2 is 2.53 bits per heavy atom. The van der Waals surface area contributed by atoms with E-state index in [0.29, 0.717) is 29.6 Å². The highest BCUT2D eigenvalue weighted by atomic mass is 16.5. The maximum Gasteiger partial charge on any atom is 0.341 e. The second kappa shape index (κ2) is 6.38. The Labute approximate surface area is 112 Å². The second-order valence-corrected chi connectivity index (χ2v) is 4.50. The number of anilines is 2. The summed E-state index contributed by atoms with van der Waals surface area (Å²) >= 11 is 0. The summed E-state index contributed by atoms with van der Waals surface area (Å²) < 4.78 is 10.3. The lowest BCUT2D eigenvalue weighted by atomic mass is 10.1. The van der Waals surface area contributed by atoms with Crippen LogP contribution in [0.4, 0.5) is 11.5 Å². The minimum Gasteiger partial charge on any atom is -0.462 e. The number of carbonyl (C=O) groups excluding carboxylic acids is 1. The van der Waals surface area contributed by atoms with Gasteiger partial charge < -0.3 is 20.5 Å². The van der Waals surface area contributed by atoms with Crippen molar-refractivity contribution in [3.05, 3.63) is 17.8 Å². The van der Waals surface area contributed by atoms with E-state index >= 15 is 0 Å². The van der Waals surface area contributed by atoms with Crippen molar-refractivity contribution in [2.24, 2.45) is 5.92 Å². The quantitative estimate of drug-likeness (QED) is 0.780. The van der Waals surface area contributed by atoms with E-state index in [1.54, 1.807) is 13.0 Å². The fourth-order valence-corrected chi connectivity index (χ4v) is 1.97. The molecule has 1 atom stereocenters. The van der Waals surface area contributed by atoms with Gasteiger partial charge in [-0.2, -0.15) is 0 Å². The molecule has 0 aliphatic carbocycles. The van der Waals surface area contributed by atoms with E-state index in [1.165, 1.54) is 6.20 Å². The molecule has 0 aromatic carbocycles. The zero-order valence-electron chi connectivity index (χ0n) is 11.0. The minimum absolute atomic E-state index is 0.323. The van der Waals surface area contributed by atoms with Gasteiger partial charge in [0, 0.05) is 19.1 Å². The van der Waals surface area contributed by atoms with Crippen molar-refractivity contribution < 1.29 is 14.3 Å². The van der Waals surface area contributed by atoms with Crippen LogP contribution in [0.2, 0.25) is 0 Å². The van der Waals surface area contributed by atoms with Gasteiger partial charge in [-0.3, -0.25) is 0 Å². The van der Waals surface area contributed by atoms with E-state index in [-0.39, 0.29) is 0 Å². The van der Waals surface area contributed by atoms with Crippen LogP contribution in [0, 0.1) is 5.92 Å². The van der Waals surface area contributed by atoms with E-state index in [2.05, 4.69) is 10.3 Å². The number of rotatable bonds is 5. The molecule has 1 unspecified atom stereocenters. The molecule has 1 aromatic heterocycles. The molecule has 3 N–H and O–H groups in total. The van der Waals surface area contributed by atoms with Crippen LogP contribution in [0.15, 0.2) is 12.3 Å². The average molecular weight is 265 g/mol. The SMILES string of the molecule is CCOC(=O)c1cc(N)cnc1NCC1CCOC1. The molecule has 19 heavy (non-hydrogen) atoms. The number of esters is 1. The normalized spacial score (nSPS) is 18.3. The van der Waals surface area contributed by atoms with Gasteiger partial charge in [-0.25, -0.2) is 9.78 Å². The number of pyridine rings is 1. The number of ether oxygens (including phenoxy) is 2. The Morgan fingerprint density at radius 1 is 1.68 bits per heavy atom. The third kappa shape index (κ3) is 3.57. The highest BCUT2D eigenvalue weighted by Crippen LogP contribution is 2.19. The molecule has 1 aliphatic heterocycles. The summed E-state index contributed by atoms with van der Waals surface area (Å²) in [6, 6.07) is 1.58. The summed E-state index contributed by atoms with van der Waals surface area (Å²) in [4.78, 5) is 16.0. The van der Waals surface area contributed by atoms with Gasteiger partial charge in [-0.1, -0.05) is 0 Å². The van der Waals surface area contributed by atoms with Crippen LogP contribution in [0.5, 0.6) is 0 Å². The number of nitrogen functional groups attached to an aromatic ring is 1. The average Bonchev–Trinajstić information content (AvgIpc) is 2.90. The van der Waals surface area contributed by atoms with Gasteiger partial charge in [0.2, 0.25) is 0 Å². The van der Waals surface area contributed by atoms with Crippen molar-refractivity contribution in [3.8, 4) is 0 Å². The van der Waals surface area contributed by atoms with Crippen LogP contribution in [-0.2, 0) is 9.47 Å². The molecular formula is C13H19N3O3. The molecule has 0 spiro atoms. The lowest BCUT2D eigenvalue weighted by Crippen LogP contribution is -2.18. The van der Waals surface area contributed by atoms with E-state index in [0.717, 1.165) is 26.2 Å². The monoisotopic (exact) mass is 265 g/mol. The van der Waals surface area contributed by atoms with Crippen molar-refractivity contribution >= 4 is 17.5 Å². The first-order valence-corrected chi connectivity index (χ1v) is 6.45. The highest BCUT2D eigenvalue weighted by Gasteiger charge is 2.18. The Morgan fingerprint density at radius 3 is 3.21 bits per heavy atom. The summed E-state index contributed by atoms with van der Waals surface area (Å²) in [7, 11) is 0. The first-order valence-electron chi connectivity index (χ1n) is 6.45. The summed E-state index contributed by atoms with van der Waals surface area (Å²) in [5.41, 5.74) is 6.48. The predicted molar refractivity (Wildman–Crippen MR) is 72.0 cm³/mol. The van der Waals surface area contributed by atoms with Crippen molar-refractivity contribution in [2.45, 2.75) is 13.3 Å². The summed E-state index contributed by atoms with van der Waals surface area (Å²) in [6.07, 6.45) is 2.55. The number of aromatic nitrogens is 1. The van der Waals surface area contributed by atoms with Crippen LogP contribution >= 0.6 is 0 Å². The van der Waals surface area contributed by atoms with Crippen molar-refractivity contribution in [2.75, 3.05) is 37.4 Å². The maximum absolute atomic E-state index is 11.8. The topological polar surface area (TPSA) is 86.5 Å². The summed E-state index contributed by atoms with van der Waals surface area (Å²) in [6.45, 7) is 4.36. The highest BCUT2D eigenvalue weighted by molar-refractivity contribution is 5.95. The van der Waals surface area contributed by atoms with Crippen LogP contribution in [-0.4, -0.2) is 37.3 Å². The molecule has 104 valence electrons. The fraction of sp³-hybridized carbons (Fsp3) is 0.538. The molecule has 0 radical (unpaired) electrons. The molecule has 1 fully saturated rings. The Bertz CT molecular complexity index is 445. The van der Waals surface area contributed by atoms with Crippen molar-refractivity contribution in [1.29, 1.82) is 0 Å². The molecule has 2 rings (SSSR count). The number of hydrogen-bond donors (Lipinski definition) is 2. The Hall–Kier alpha value is -1.82. The van der Waals surface area contributed by atoms with Gasteiger partial charge in [0.1, 0.15) is 11.4 Å². The van der Waals surface area contributed by atoms with Gasteiger partial charge in [-0.15, -0.1) is 0 Å². The molecule has 0 bridgehead atoms. The fourth-order valence-electron chi connectivity index (χ4n) is 1.97. The van der Waals surface area contributed by atoms with Crippen LogP contribution < -0.4 is 11.1 Å². The number of hydrogen-bond acceptors (Lipinski definition) is 6. The second-order valence-electron chi connectivity index (χ2n) is 4.50. The van der Waals surface area contributed by atoms with E-state index in [9.17, 15) is 4.79 Å². The van der Waals surface area contributed by atoms with E-state index < -0.39 is 5.97 Å². The predicted octanol–water partition coefficient (Wildman–Crippen LogP) is 1.29. The van der Waals surface area contributed by atoms with Crippen molar-refractivity contribution in [1.82, 2.24) is 4.98 Å². The van der Waals surface area contributed by atoms with Crippen LogP contribution in [0.3, 0.4) is 0 Å². The number of nitrogens with zero attached hydrogens (tertiary/aromatic N) is 1. The summed E-state index contributed by atoms with van der Waals surface area (Å²) in [5.74, 6) is 0.557. The van der Waals surface area contributed by atoms with E-state index in [4.69, 9.17) is 15.2 Å². The molecule has 1 saturated heterocycles. The zero-order valence-corrected chi connectivity index (χ0v) is 11.0. The third-order valence-electron chi connectivity index (χ3n) is 2.99. The number of nitrogens with one attached hydrogen (secondary N) is 1. The van der Waals surface area contributed by atoms with Crippen LogP contribution in [0.25, 0.3) is 0 Å². The van der Waals surface area contributed by atoms with Crippen molar-refractivity contribution in [3.63, 3.8) is 0 Å². The van der Waals surface area contributed by atoms with Crippen LogP contribution in [0.1, 0.15) is 23.7 Å². The largest absolute Gasteiger partial charge is 0.462 e. The molecule has 2 heterocycles. The Balaban J connectivity index is 2.07. The molecule has 0 saturated carbocycles. The first kappa shape index (κ1) is 13.6. The number of nitrogens with two attached hydrogens (primary N) is 1. The molecule has 6 nitrogen and oxygen atoms in total. The minimum atomic E-state index is -0.410. The third-order valence-corrected chi connectivity index (χ3v) is 2.99. The lowest BCUT2D eigenvalue weighted by Gasteiger charge is -2.13. The summed E-state index contributed by atoms with van der Waals surface area (Å²) in [5, 5.41) is 3.17. The van der Waals surface area contributed by atoms with Gasteiger partial charge in [0.15, 0.2) is 0 Å². The van der Waals surface area contributed by atoms with Gasteiger partial charge in [-0.05, 0) is 19.4 Å². The maximum atomic E-state index is 11.8. The van der Waals surface area contributed by atoms with E-state index in [1.807, 2.05) is 0 Å². The van der Waals surface area contributed by atoms with Gasteiger partial charge in [0.25, 0.3) is 0 Å². The van der Waals surface area contributed by atoms with Gasteiger partial charge >= 0.3 is 5.97 Å². The molecule has 0 amide bonds. The first-order chi connectivity index (χ1) is 9.20. The lowest BCUT2D eigenvalue weighted by molar-refractivity contribution is 0.0527. The number of carbonyl (C=O) groups is 1.